The van der Waals surface area contributed by atoms with Crippen LogP contribution in [0.2, 0.25) is 0 Å². The number of carbonyl (C=O) groups excluding carboxylic acids is 1. The standard InChI is InChI=1S/C11H19N3O2/c1-11(2,3)16-10(15)9-7-14(8-13-9)6-5-12-4/h7-8,12H,5-6H2,1-4H3. The molecule has 0 spiro atoms. The minimum atomic E-state index is -0.480. The normalized spacial score (nSPS) is 11.5. The number of rotatable bonds is 4. The van der Waals surface area contributed by atoms with Gasteiger partial charge in [-0.25, -0.2) is 9.78 Å². The zero-order valence-corrected chi connectivity index (χ0v) is 10.3. The van der Waals surface area contributed by atoms with E-state index in [0.717, 1.165) is 13.1 Å². The highest BCUT2D eigenvalue weighted by atomic mass is 16.6. The maximum atomic E-state index is 11.6. The van der Waals surface area contributed by atoms with Crippen molar-refractivity contribution in [3.8, 4) is 0 Å². The van der Waals surface area contributed by atoms with Gasteiger partial charge in [-0.1, -0.05) is 0 Å². The van der Waals surface area contributed by atoms with Crippen LogP contribution < -0.4 is 5.32 Å². The summed E-state index contributed by atoms with van der Waals surface area (Å²) < 4.78 is 7.07. The monoisotopic (exact) mass is 225 g/mol. The summed E-state index contributed by atoms with van der Waals surface area (Å²) in [7, 11) is 1.88. The van der Waals surface area contributed by atoms with E-state index in [2.05, 4.69) is 10.3 Å². The first-order chi connectivity index (χ1) is 7.42. The lowest BCUT2D eigenvalue weighted by Gasteiger charge is -2.18. The minimum Gasteiger partial charge on any atom is -0.455 e. The average Bonchev–Trinajstić information content (AvgIpc) is 2.60. The number of hydrogen-bond donors (Lipinski definition) is 1. The molecule has 0 unspecified atom stereocenters. The summed E-state index contributed by atoms with van der Waals surface area (Å²) in [6.07, 6.45) is 3.34. The van der Waals surface area contributed by atoms with Crippen molar-refractivity contribution in [2.45, 2.75) is 32.9 Å². The summed E-state index contributed by atoms with van der Waals surface area (Å²) in [4.78, 5) is 15.6. The fraction of sp³-hybridized carbons (Fsp3) is 0.636. The lowest BCUT2D eigenvalue weighted by Crippen LogP contribution is -2.24. The molecule has 0 fully saturated rings. The Kier molecular flexibility index (Phi) is 4.06. The molecule has 0 aliphatic rings. The van der Waals surface area contributed by atoms with E-state index in [1.165, 1.54) is 0 Å². The minimum absolute atomic E-state index is 0.353. The van der Waals surface area contributed by atoms with Gasteiger partial charge in [0.05, 0.1) is 6.33 Å². The number of aromatic nitrogens is 2. The van der Waals surface area contributed by atoms with Gasteiger partial charge in [0.2, 0.25) is 0 Å². The molecule has 16 heavy (non-hydrogen) atoms. The second kappa shape index (κ2) is 5.12. The Morgan fingerprint density at radius 3 is 2.81 bits per heavy atom. The Hall–Kier alpha value is -1.36. The Morgan fingerprint density at radius 1 is 1.56 bits per heavy atom. The van der Waals surface area contributed by atoms with Gasteiger partial charge in [-0.3, -0.25) is 0 Å². The number of carbonyl (C=O) groups is 1. The van der Waals surface area contributed by atoms with E-state index < -0.39 is 5.60 Å². The third-order valence-corrected chi connectivity index (χ3v) is 1.86. The van der Waals surface area contributed by atoms with Crippen LogP contribution in [0.4, 0.5) is 0 Å². The van der Waals surface area contributed by atoms with Crippen molar-refractivity contribution >= 4 is 5.97 Å². The van der Waals surface area contributed by atoms with Crippen molar-refractivity contribution in [3.63, 3.8) is 0 Å². The highest BCUT2D eigenvalue weighted by Crippen LogP contribution is 2.10. The van der Waals surface area contributed by atoms with Crippen molar-refractivity contribution in [1.82, 2.24) is 14.9 Å². The third kappa shape index (κ3) is 4.02. The fourth-order valence-corrected chi connectivity index (χ4v) is 1.16. The van der Waals surface area contributed by atoms with Gasteiger partial charge in [0, 0.05) is 19.3 Å². The van der Waals surface area contributed by atoms with Crippen LogP contribution in [0.3, 0.4) is 0 Å². The molecule has 0 radical (unpaired) electrons. The molecule has 90 valence electrons. The number of ether oxygens (including phenoxy) is 1. The smallest absolute Gasteiger partial charge is 0.359 e. The molecule has 0 amide bonds. The molecule has 1 aromatic rings. The molecule has 0 atom stereocenters. The SMILES string of the molecule is CNCCn1cnc(C(=O)OC(C)(C)C)c1. The molecule has 0 bridgehead atoms. The predicted molar refractivity (Wildman–Crippen MR) is 61.3 cm³/mol. The van der Waals surface area contributed by atoms with E-state index in [1.807, 2.05) is 32.4 Å². The van der Waals surface area contributed by atoms with Gasteiger partial charge < -0.3 is 14.6 Å². The highest BCUT2D eigenvalue weighted by Gasteiger charge is 2.19. The zero-order chi connectivity index (χ0) is 12.2. The van der Waals surface area contributed by atoms with Crippen LogP contribution in [0.1, 0.15) is 31.3 Å². The summed E-state index contributed by atoms with van der Waals surface area (Å²) in [5, 5.41) is 3.03. The Labute approximate surface area is 95.8 Å². The number of likely N-dealkylation sites (N-methyl/N-ethyl adjacent to an activating group) is 1. The van der Waals surface area contributed by atoms with Crippen LogP contribution in [0, 0.1) is 0 Å². The van der Waals surface area contributed by atoms with E-state index in [4.69, 9.17) is 4.74 Å². The van der Waals surface area contributed by atoms with Gasteiger partial charge >= 0.3 is 5.97 Å². The van der Waals surface area contributed by atoms with Crippen molar-refractivity contribution in [3.05, 3.63) is 18.2 Å². The van der Waals surface area contributed by atoms with Crippen molar-refractivity contribution in [2.24, 2.45) is 0 Å². The van der Waals surface area contributed by atoms with Crippen LogP contribution >= 0.6 is 0 Å². The third-order valence-electron chi connectivity index (χ3n) is 1.86. The van der Waals surface area contributed by atoms with Crippen LogP contribution in [0.25, 0.3) is 0 Å². The van der Waals surface area contributed by atoms with Crippen molar-refractivity contribution in [2.75, 3.05) is 13.6 Å². The second-order valence-electron chi connectivity index (χ2n) is 4.60. The fourth-order valence-electron chi connectivity index (χ4n) is 1.16. The molecule has 0 saturated heterocycles. The quantitative estimate of drug-likeness (QED) is 0.778. The van der Waals surface area contributed by atoms with Gasteiger partial charge in [0.15, 0.2) is 5.69 Å². The average molecular weight is 225 g/mol. The van der Waals surface area contributed by atoms with Gasteiger partial charge in [-0.15, -0.1) is 0 Å². The first-order valence-corrected chi connectivity index (χ1v) is 5.32. The van der Waals surface area contributed by atoms with Crippen LogP contribution in [0.5, 0.6) is 0 Å². The summed E-state index contributed by atoms with van der Waals surface area (Å²) in [6.45, 7) is 7.13. The number of nitrogens with zero attached hydrogens (tertiary/aromatic N) is 2. The lowest BCUT2D eigenvalue weighted by molar-refractivity contribution is 0.00633. The van der Waals surface area contributed by atoms with E-state index in [0.29, 0.717) is 5.69 Å². The largest absolute Gasteiger partial charge is 0.455 e. The zero-order valence-electron chi connectivity index (χ0n) is 10.3. The maximum Gasteiger partial charge on any atom is 0.359 e. The molecule has 0 saturated carbocycles. The maximum absolute atomic E-state index is 11.6. The van der Waals surface area contributed by atoms with Crippen LogP contribution in [-0.2, 0) is 11.3 Å². The molecule has 0 aliphatic carbocycles. The van der Waals surface area contributed by atoms with Gasteiger partial charge in [0.1, 0.15) is 5.60 Å². The molecule has 0 aliphatic heterocycles. The van der Waals surface area contributed by atoms with Crippen LogP contribution in [0.15, 0.2) is 12.5 Å². The first-order valence-electron chi connectivity index (χ1n) is 5.32. The molecule has 1 N–H and O–H groups in total. The number of nitrogens with one attached hydrogen (secondary N) is 1. The van der Waals surface area contributed by atoms with E-state index in [9.17, 15) is 4.79 Å². The Balaban J connectivity index is 2.60. The number of hydrogen-bond acceptors (Lipinski definition) is 4. The van der Waals surface area contributed by atoms with Gasteiger partial charge in [-0.2, -0.15) is 0 Å². The van der Waals surface area contributed by atoms with Gasteiger partial charge in [-0.05, 0) is 27.8 Å². The topological polar surface area (TPSA) is 56.2 Å². The molecule has 1 aromatic heterocycles. The molecule has 1 heterocycles. The highest BCUT2D eigenvalue weighted by molar-refractivity contribution is 5.87. The number of imidazole rings is 1. The van der Waals surface area contributed by atoms with Crippen molar-refractivity contribution < 1.29 is 9.53 Å². The lowest BCUT2D eigenvalue weighted by atomic mass is 10.2. The summed E-state index contributed by atoms with van der Waals surface area (Å²) >= 11 is 0. The van der Waals surface area contributed by atoms with E-state index in [-0.39, 0.29) is 5.97 Å². The van der Waals surface area contributed by atoms with E-state index >= 15 is 0 Å². The van der Waals surface area contributed by atoms with E-state index in [1.54, 1.807) is 12.5 Å². The molecule has 5 nitrogen and oxygen atoms in total. The molecule has 1 rings (SSSR count). The van der Waals surface area contributed by atoms with Crippen LogP contribution in [-0.4, -0.2) is 34.7 Å². The molecular formula is C11H19N3O2. The Morgan fingerprint density at radius 2 is 2.25 bits per heavy atom. The Bertz CT molecular complexity index is 352. The van der Waals surface area contributed by atoms with Crippen molar-refractivity contribution in [1.29, 1.82) is 0 Å². The van der Waals surface area contributed by atoms with Gasteiger partial charge in [0.25, 0.3) is 0 Å². The summed E-state index contributed by atoms with van der Waals surface area (Å²) in [6, 6.07) is 0. The molecule has 0 aromatic carbocycles. The summed E-state index contributed by atoms with van der Waals surface area (Å²) in [5.74, 6) is -0.379. The predicted octanol–water partition coefficient (Wildman–Crippen LogP) is 1.06. The number of esters is 1. The summed E-state index contributed by atoms with van der Waals surface area (Å²) in [5.41, 5.74) is -0.128. The second-order valence-corrected chi connectivity index (χ2v) is 4.60. The molecular weight excluding hydrogens is 206 g/mol. The first kappa shape index (κ1) is 12.7. The molecule has 5 heteroatoms.